The van der Waals surface area contributed by atoms with Crippen molar-refractivity contribution < 1.29 is 22.7 Å². The predicted molar refractivity (Wildman–Crippen MR) is 58.6 cm³/mol. The number of hydrogen-bond acceptors (Lipinski definition) is 3. The molecule has 0 heterocycles. The monoisotopic (exact) mass is 261 g/mol. The number of halogens is 1. The maximum Gasteiger partial charge on any atom is 0.321 e. The smallest absolute Gasteiger partial charge is 0.321 e. The first-order valence-electron chi connectivity index (χ1n) is 4.76. The van der Waals surface area contributed by atoms with Gasteiger partial charge in [-0.05, 0) is 26.0 Å². The van der Waals surface area contributed by atoms with Crippen molar-refractivity contribution in [2.75, 3.05) is 0 Å². The third-order valence-electron chi connectivity index (χ3n) is 2.21. The molecule has 0 aliphatic carbocycles. The normalized spacial score (nSPS) is 13.4. The van der Waals surface area contributed by atoms with Gasteiger partial charge in [0.15, 0.2) is 0 Å². The van der Waals surface area contributed by atoms with E-state index in [9.17, 15) is 17.6 Å². The maximum atomic E-state index is 13.2. The van der Waals surface area contributed by atoms with E-state index in [2.05, 4.69) is 0 Å². The van der Waals surface area contributed by atoms with Crippen LogP contribution >= 0.6 is 0 Å². The minimum Gasteiger partial charge on any atom is -0.480 e. The summed E-state index contributed by atoms with van der Waals surface area (Å²) in [7, 11) is -4.03. The van der Waals surface area contributed by atoms with E-state index in [0.29, 0.717) is 0 Å². The zero-order chi connectivity index (χ0) is 13.2. The average molecular weight is 261 g/mol. The van der Waals surface area contributed by atoms with Gasteiger partial charge in [0.25, 0.3) is 0 Å². The molecule has 0 saturated heterocycles. The number of hydrogen-bond donors (Lipinski definition) is 2. The van der Waals surface area contributed by atoms with Crippen LogP contribution in [0.1, 0.15) is 12.5 Å². The van der Waals surface area contributed by atoms with Crippen molar-refractivity contribution in [3.8, 4) is 0 Å². The van der Waals surface area contributed by atoms with Crippen molar-refractivity contribution in [2.24, 2.45) is 0 Å². The van der Waals surface area contributed by atoms with Crippen molar-refractivity contribution in [2.45, 2.75) is 24.8 Å². The molecule has 0 saturated carbocycles. The topological polar surface area (TPSA) is 83.5 Å². The standard InChI is InChI=1S/C10H12FNO4S/c1-6-8(11)4-3-5-9(6)17(15,16)12-7(2)10(13)14/h3-5,7,12H,1-2H3,(H,13,14)/t7-/m0/s1. The molecular weight excluding hydrogens is 249 g/mol. The van der Waals surface area contributed by atoms with Crippen LogP contribution in [-0.2, 0) is 14.8 Å². The molecule has 2 N–H and O–H groups in total. The van der Waals surface area contributed by atoms with Crippen LogP contribution < -0.4 is 4.72 Å². The fourth-order valence-corrected chi connectivity index (χ4v) is 2.68. The Morgan fingerprint density at radius 3 is 2.59 bits per heavy atom. The highest BCUT2D eigenvalue weighted by Crippen LogP contribution is 2.17. The van der Waals surface area contributed by atoms with Gasteiger partial charge < -0.3 is 5.11 Å². The van der Waals surface area contributed by atoms with Crippen LogP contribution in [0.15, 0.2) is 23.1 Å². The Hall–Kier alpha value is -1.47. The van der Waals surface area contributed by atoms with Crippen molar-refractivity contribution >= 4 is 16.0 Å². The second kappa shape index (κ2) is 4.80. The molecule has 0 aliphatic heterocycles. The number of nitrogens with one attached hydrogen (secondary N) is 1. The molecule has 0 aliphatic rings. The fourth-order valence-electron chi connectivity index (χ4n) is 1.23. The highest BCUT2D eigenvalue weighted by molar-refractivity contribution is 7.89. The predicted octanol–water partition coefficient (Wildman–Crippen LogP) is 0.886. The number of carbonyl (C=O) groups is 1. The molecule has 5 nitrogen and oxygen atoms in total. The summed E-state index contributed by atoms with van der Waals surface area (Å²) in [6, 6.07) is 2.33. The van der Waals surface area contributed by atoms with Gasteiger partial charge in [0, 0.05) is 5.56 Å². The van der Waals surface area contributed by atoms with Crippen LogP contribution in [0.4, 0.5) is 4.39 Å². The summed E-state index contributed by atoms with van der Waals surface area (Å²) >= 11 is 0. The molecule has 1 aromatic carbocycles. The van der Waals surface area contributed by atoms with Crippen LogP contribution in [0.25, 0.3) is 0 Å². The van der Waals surface area contributed by atoms with Crippen molar-refractivity contribution in [3.05, 3.63) is 29.6 Å². The summed E-state index contributed by atoms with van der Waals surface area (Å²) in [5.41, 5.74) is -0.0439. The van der Waals surface area contributed by atoms with Crippen LogP contribution in [0, 0.1) is 12.7 Å². The number of carboxylic acid groups (broad SMARTS) is 1. The Morgan fingerprint density at radius 2 is 2.06 bits per heavy atom. The summed E-state index contributed by atoms with van der Waals surface area (Å²) in [5.74, 6) is -1.96. The lowest BCUT2D eigenvalue weighted by atomic mass is 10.2. The van der Waals surface area contributed by atoms with Gasteiger partial charge in [0.2, 0.25) is 10.0 Å². The van der Waals surface area contributed by atoms with Crippen molar-refractivity contribution in [1.29, 1.82) is 0 Å². The van der Waals surface area contributed by atoms with E-state index in [0.717, 1.165) is 6.07 Å². The van der Waals surface area contributed by atoms with Crippen LogP contribution in [0.5, 0.6) is 0 Å². The Bertz CT molecular complexity index is 541. The van der Waals surface area contributed by atoms with Gasteiger partial charge in [-0.3, -0.25) is 4.79 Å². The molecule has 0 bridgehead atoms. The summed E-state index contributed by atoms with van der Waals surface area (Å²) in [6.07, 6.45) is 0. The molecule has 0 aromatic heterocycles. The largest absolute Gasteiger partial charge is 0.480 e. The summed E-state index contributed by atoms with van der Waals surface area (Å²) in [6.45, 7) is 2.50. The van der Waals surface area contributed by atoms with E-state index >= 15 is 0 Å². The van der Waals surface area contributed by atoms with Gasteiger partial charge in [-0.15, -0.1) is 0 Å². The lowest BCUT2D eigenvalue weighted by Gasteiger charge is -2.12. The SMILES string of the molecule is Cc1c(F)cccc1S(=O)(=O)N[C@@H](C)C(=O)O. The van der Waals surface area contributed by atoms with Crippen molar-refractivity contribution in [1.82, 2.24) is 4.72 Å². The molecule has 0 fully saturated rings. The molecule has 0 spiro atoms. The number of benzene rings is 1. The number of rotatable bonds is 4. The zero-order valence-electron chi connectivity index (χ0n) is 9.27. The van der Waals surface area contributed by atoms with E-state index in [1.165, 1.54) is 26.0 Å². The molecule has 1 atom stereocenters. The maximum absolute atomic E-state index is 13.2. The van der Waals surface area contributed by atoms with Crippen LogP contribution in [0.2, 0.25) is 0 Å². The van der Waals surface area contributed by atoms with Gasteiger partial charge in [-0.1, -0.05) is 6.07 Å². The summed E-state index contributed by atoms with van der Waals surface area (Å²) in [4.78, 5) is 10.3. The first-order chi connectivity index (χ1) is 7.75. The molecule has 0 amide bonds. The minimum atomic E-state index is -4.03. The van der Waals surface area contributed by atoms with Crippen molar-refractivity contribution in [3.63, 3.8) is 0 Å². The Balaban J connectivity index is 3.14. The van der Waals surface area contributed by atoms with Gasteiger partial charge in [-0.2, -0.15) is 4.72 Å². The zero-order valence-corrected chi connectivity index (χ0v) is 10.1. The Labute approximate surface area is 98.3 Å². The molecule has 7 heteroatoms. The summed E-state index contributed by atoms with van der Waals surface area (Å²) < 4.78 is 38.7. The van der Waals surface area contributed by atoms with Crippen LogP contribution in [-0.4, -0.2) is 25.5 Å². The van der Waals surface area contributed by atoms with E-state index in [1.54, 1.807) is 0 Å². The number of carboxylic acids is 1. The molecule has 17 heavy (non-hydrogen) atoms. The van der Waals surface area contributed by atoms with Gasteiger partial charge in [0.1, 0.15) is 11.9 Å². The van der Waals surface area contributed by atoms with E-state index in [1.807, 2.05) is 4.72 Å². The second-order valence-electron chi connectivity index (χ2n) is 3.54. The average Bonchev–Trinajstić information content (AvgIpc) is 2.21. The lowest BCUT2D eigenvalue weighted by Crippen LogP contribution is -2.38. The van der Waals surface area contributed by atoms with Gasteiger partial charge in [-0.25, -0.2) is 12.8 Å². The minimum absolute atomic E-state index is 0.0439. The molecule has 94 valence electrons. The Kier molecular flexibility index (Phi) is 3.84. The molecule has 0 radical (unpaired) electrons. The molecular formula is C10H12FNO4S. The van der Waals surface area contributed by atoms with Gasteiger partial charge in [0.05, 0.1) is 4.90 Å². The molecule has 1 rings (SSSR count). The molecule has 0 unspecified atom stereocenters. The highest BCUT2D eigenvalue weighted by Gasteiger charge is 2.23. The van der Waals surface area contributed by atoms with Gasteiger partial charge >= 0.3 is 5.97 Å². The third-order valence-corrected chi connectivity index (χ3v) is 3.90. The first-order valence-corrected chi connectivity index (χ1v) is 6.24. The van der Waals surface area contributed by atoms with E-state index in [-0.39, 0.29) is 10.5 Å². The molecule has 1 aromatic rings. The second-order valence-corrected chi connectivity index (χ2v) is 5.23. The van der Waals surface area contributed by atoms with E-state index < -0.39 is 27.9 Å². The lowest BCUT2D eigenvalue weighted by molar-refractivity contribution is -0.138. The number of aliphatic carboxylic acids is 1. The Morgan fingerprint density at radius 1 is 1.47 bits per heavy atom. The fraction of sp³-hybridized carbons (Fsp3) is 0.300. The van der Waals surface area contributed by atoms with E-state index in [4.69, 9.17) is 5.11 Å². The highest BCUT2D eigenvalue weighted by atomic mass is 32.2. The van der Waals surface area contributed by atoms with Crippen LogP contribution in [0.3, 0.4) is 0 Å². The quantitative estimate of drug-likeness (QED) is 0.843. The third kappa shape index (κ3) is 3.01. The first kappa shape index (κ1) is 13.6. The summed E-state index contributed by atoms with van der Waals surface area (Å²) in [5, 5.41) is 8.62. The number of sulfonamides is 1.